The maximum atomic E-state index is 5.02. The molecule has 0 N–H and O–H groups in total. The summed E-state index contributed by atoms with van der Waals surface area (Å²) in [5.41, 5.74) is 1.68. The minimum absolute atomic E-state index is 0.598. The van der Waals surface area contributed by atoms with Crippen molar-refractivity contribution < 1.29 is 4.74 Å². The molecule has 3 nitrogen and oxygen atoms in total. The zero-order chi connectivity index (χ0) is 9.26. The summed E-state index contributed by atoms with van der Waals surface area (Å²) in [4.78, 5) is 8.43. The van der Waals surface area contributed by atoms with Crippen molar-refractivity contribution in [3.8, 4) is 5.88 Å². The molecule has 2 heterocycles. The summed E-state index contributed by atoms with van der Waals surface area (Å²) in [6, 6.07) is 5.53. The number of hydrogen-bond acceptors (Lipinski definition) is 3. The van der Waals surface area contributed by atoms with E-state index in [9.17, 15) is 0 Å². The van der Waals surface area contributed by atoms with Crippen molar-refractivity contribution in [2.75, 3.05) is 7.11 Å². The predicted molar refractivity (Wildman–Crippen MR) is 53.8 cm³/mol. The van der Waals surface area contributed by atoms with Gasteiger partial charge in [-0.05, 0) is 28.1 Å². The quantitative estimate of drug-likeness (QED) is 0.766. The van der Waals surface area contributed by atoms with Crippen molar-refractivity contribution in [2.24, 2.45) is 0 Å². The molecule has 0 aliphatic rings. The molecule has 0 aromatic carbocycles. The van der Waals surface area contributed by atoms with Crippen LogP contribution in [0.1, 0.15) is 0 Å². The Bertz CT molecular complexity index is 445. The molecule has 66 valence electrons. The second-order valence-corrected chi connectivity index (χ2v) is 3.37. The van der Waals surface area contributed by atoms with Gasteiger partial charge in [0.1, 0.15) is 5.52 Å². The van der Waals surface area contributed by atoms with Gasteiger partial charge in [0.15, 0.2) is 0 Å². The van der Waals surface area contributed by atoms with Crippen LogP contribution < -0.4 is 4.74 Å². The van der Waals surface area contributed by atoms with Crippen LogP contribution in [-0.4, -0.2) is 17.1 Å². The summed E-state index contributed by atoms with van der Waals surface area (Å²) >= 11 is 3.40. The normalized spacial score (nSPS) is 10.3. The molecule has 0 aliphatic carbocycles. The van der Waals surface area contributed by atoms with Gasteiger partial charge in [-0.25, -0.2) is 4.98 Å². The average Bonchev–Trinajstić information content (AvgIpc) is 2.18. The molecule has 0 bridgehead atoms. The molecule has 0 aliphatic heterocycles. The molecule has 13 heavy (non-hydrogen) atoms. The Labute approximate surface area is 83.9 Å². The second kappa shape index (κ2) is 3.30. The van der Waals surface area contributed by atoms with Crippen LogP contribution in [0.3, 0.4) is 0 Å². The van der Waals surface area contributed by atoms with E-state index in [0.717, 1.165) is 15.5 Å². The Hall–Kier alpha value is -1.16. The second-order valence-electron chi connectivity index (χ2n) is 2.51. The minimum Gasteiger partial charge on any atom is -0.481 e. The van der Waals surface area contributed by atoms with Gasteiger partial charge in [-0.3, -0.25) is 4.98 Å². The Kier molecular flexibility index (Phi) is 2.14. The highest BCUT2D eigenvalue weighted by molar-refractivity contribution is 9.10. The minimum atomic E-state index is 0.598. The SMILES string of the molecule is COc1ccc2nccc(Br)c2n1. The summed E-state index contributed by atoms with van der Waals surface area (Å²) < 4.78 is 5.94. The monoisotopic (exact) mass is 238 g/mol. The molecule has 0 saturated carbocycles. The lowest BCUT2D eigenvalue weighted by molar-refractivity contribution is 0.399. The molecule has 0 spiro atoms. The van der Waals surface area contributed by atoms with Crippen molar-refractivity contribution in [2.45, 2.75) is 0 Å². The summed E-state index contributed by atoms with van der Waals surface area (Å²) in [6.45, 7) is 0. The number of fused-ring (bicyclic) bond motifs is 1. The van der Waals surface area contributed by atoms with E-state index in [4.69, 9.17) is 4.74 Å². The third-order valence-corrected chi connectivity index (χ3v) is 2.36. The third-order valence-electron chi connectivity index (χ3n) is 1.72. The Balaban J connectivity index is 2.74. The smallest absolute Gasteiger partial charge is 0.213 e. The zero-order valence-electron chi connectivity index (χ0n) is 6.99. The van der Waals surface area contributed by atoms with Crippen LogP contribution in [0, 0.1) is 0 Å². The molecule has 4 heteroatoms. The fourth-order valence-corrected chi connectivity index (χ4v) is 1.50. The number of nitrogens with zero attached hydrogens (tertiary/aromatic N) is 2. The van der Waals surface area contributed by atoms with Crippen LogP contribution >= 0.6 is 15.9 Å². The van der Waals surface area contributed by atoms with Gasteiger partial charge in [0.25, 0.3) is 0 Å². The zero-order valence-corrected chi connectivity index (χ0v) is 8.58. The summed E-state index contributed by atoms with van der Waals surface area (Å²) in [5, 5.41) is 0. The predicted octanol–water partition coefficient (Wildman–Crippen LogP) is 2.40. The van der Waals surface area contributed by atoms with Crippen LogP contribution in [0.15, 0.2) is 28.9 Å². The molecular formula is C9H7BrN2O. The fraction of sp³-hybridized carbons (Fsp3) is 0.111. The van der Waals surface area contributed by atoms with E-state index in [0.29, 0.717) is 5.88 Å². The highest BCUT2D eigenvalue weighted by Gasteiger charge is 2.01. The molecular weight excluding hydrogens is 232 g/mol. The van der Waals surface area contributed by atoms with Gasteiger partial charge in [-0.2, -0.15) is 0 Å². The van der Waals surface area contributed by atoms with Crippen molar-refractivity contribution in [3.63, 3.8) is 0 Å². The highest BCUT2D eigenvalue weighted by Crippen LogP contribution is 2.21. The molecule has 2 aromatic heterocycles. The van der Waals surface area contributed by atoms with Gasteiger partial charge in [0.05, 0.1) is 12.6 Å². The Morgan fingerprint density at radius 2 is 2.15 bits per heavy atom. The van der Waals surface area contributed by atoms with Crippen LogP contribution in [-0.2, 0) is 0 Å². The van der Waals surface area contributed by atoms with Gasteiger partial charge in [0, 0.05) is 16.7 Å². The summed E-state index contributed by atoms with van der Waals surface area (Å²) in [5.74, 6) is 0.598. The lowest BCUT2D eigenvalue weighted by atomic mass is 10.3. The lowest BCUT2D eigenvalue weighted by Crippen LogP contribution is -1.89. The molecule has 0 unspecified atom stereocenters. The van der Waals surface area contributed by atoms with Gasteiger partial charge in [0.2, 0.25) is 5.88 Å². The fourth-order valence-electron chi connectivity index (χ4n) is 1.09. The van der Waals surface area contributed by atoms with Crippen LogP contribution in [0.25, 0.3) is 11.0 Å². The molecule has 0 atom stereocenters. The van der Waals surface area contributed by atoms with E-state index < -0.39 is 0 Å². The molecule has 0 radical (unpaired) electrons. The standard InChI is InChI=1S/C9H7BrN2O/c1-13-8-3-2-7-9(12-8)6(10)4-5-11-7/h2-5H,1H3. The summed E-state index contributed by atoms with van der Waals surface area (Å²) in [6.07, 6.45) is 1.74. The number of pyridine rings is 2. The van der Waals surface area contributed by atoms with E-state index in [1.54, 1.807) is 19.4 Å². The van der Waals surface area contributed by atoms with E-state index in [-0.39, 0.29) is 0 Å². The molecule has 0 saturated heterocycles. The summed E-state index contributed by atoms with van der Waals surface area (Å²) in [7, 11) is 1.60. The Morgan fingerprint density at radius 3 is 2.92 bits per heavy atom. The van der Waals surface area contributed by atoms with Crippen molar-refractivity contribution in [1.82, 2.24) is 9.97 Å². The van der Waals surface area contributed by atoms with Gasteiger partial charge < -0.3 is 4.74 Å². The molecule has 2 rings (SSSR count). The Morgan fingerprint density at radius 1 is 1.31 bits per heavy atom. The molecule has 0 fully saturated rings. The topological polar surface area (TPSA) is 35.0 Å². The maximum absolute atomic E-state index is 5.02. The first-order valence-corrected chi connectivity index (χ1v) is 4.56. The van der Waals surface area contributed by atoms with Crippen LogP contribution in [0.2, 0.25) is 0 Å². The van der Waals surface area contributed by atoms with Crippen molar-refractivity contribution >= 4 is 27.0 Å². The van der Waals surface area contributed by atoms with Gasteiger partial charge in [-0.15, -0.1) is 0 Å². The first-order valence-electron chi connectivity index (χ1n) is 3.76. The highest BCUT2D eigenvalue weighted by atomic mass is 79.9. The van der Waals surface area contributed by atoms with Gasteiger partial charge in [-0.1, -0.05) is 0 Å². The number of ether oxygens (including phenoxy) is 1. The van der Waals surface area contributed by atoms with Crippen molar-refractivity contribution in [3.05, 3.63) is 28.9 Å². The van der Waals surface area contributed by atoms with E-state index in [1.807, 2.05) is 12.1 Å². The molecule has 0 amide bonds. The van der Waals surface area contributed by atoms with Gasteiger partial charge >= 0.3 is 0 Å². The molecule has 2 aromatic rings. The number of hydrogen-bond donors (Lipinski definition) is 0. The van der Waals surface area contributed by atoms with Crippen molar-refractivity contribution in [1.29, 1.82) is 0 Å². The number of aromatic nitrogens is 2. The van der Waals surface area contributed by atoms with E-state index >= 15 is 0 Å². The van der Waals surface area contributed by atoms with Crippen LogP contribution in [0.4, 0.5) is 0 Å². The number of halogens is 1. The first kappa shape index (κ1) is 8.44. The first-order chi connectivity index (χ1) is 6.31. The number of rotatable bonds is 1. The van der Waals surface area contributed by atoms with E-state index in [2.05, 4.69) is 25.9 Å². The largest absolute Gasteiger partial charge is 0.481 e. The average molecular weight is 239 g/mol. The van der Waals surface area contributed by atoms with Crippen LogP contribution in [0.5, 0.6) is 5.88 Å². The maximum Gasteiger partial charge on any atom is 0.213 e. The third kappa shape index (κ3) is 1.49. The van der Waals surface area contributed by atoms with E-state index in [1.165, 1.54) is 0 Å². The lowest BCUT2D eigenvalue weighted by Gasteiger charge is -2.01. The number of methoxy groups -OCH3 is 1.